The molecule has 1 unspecified atom stereocenters. The van der Waals surface area contributed by atoms with Crippen LogP contribution in [0.4, 0.5) is 0 Å². The molecule has 1 aromatic heterocycles. The van der Waals surface area contributed by atoms with Gasteiger partial charge in [0.05, 0.1) is 11.6 Å². The molecule has 3 rings (SSSR count). The molecule has 1 aliphatic rings. The number of rotatable bonds is 4. The van der Waals surface area contributed by atoms with Gasteiger partial charge in [-0.15, -0.1) is 10.2 Å². The molecule has 0 amide bonds. The Morgan fingerprint density at radius 3 is 2.65 bits per heavy atom. The van der Waals surface area contributed by atoms with E-state index in [9.17, 15) is 0 Å². The van der Waals surface area contributed by atoms with Gasteiger partial charge in [0, 0.05) is 5.92 Å². The second kappa shape index (κ2) is 4.64. The van der Waals surface area contributed by atoms with E-state index in [2.05, 4.69) is 30.1 Å². The lowest BCUT2D eigenvalue weighted by molar-refractivity contribution is 0.258. The summed E-state index contributed by atoms with van der Waals surface area (Å²) in [6.07, 6.45) is 1.09. The maximum Gasteiger partial charge on any atom is 0.253 e. The van der Waals surface area contributed by atoms with Crippen LogP contribution in [0.3, 0.4) is 0 Å². The summed E-state index contributed by atoms with van der Waals surface area (Å²) in [5, 5.41) is 16.8. The smallest absolute Gasteiger partial charge is 0.253 e. The SMILES string of the molecule is CC1(C)CC1c1nnc(COc2ccc(C#N)cc2)o1. The van der Waals surface area contributed by atoms with Gasteiger partial charge in [-0.05, 0) is 36.1 Å². The Morgan fingerprint density at radius 2 is 2.05 bits per heavy atom. The van der Waals surface area contributed by atoms with Crippen molar-refractivity contribution in [2.75, 3.05) is 0 Å². The highest BCUT2D eigenvalue weighted by Crippen LogP contribution is 2.58. The summed E-state index contributed by atoms with van der Waals surface area (Å²) < 4.78 is 11.2. The molecule has 1 heterocycles. The Kier molecular flexibility index (Phi) is 2.94. The molecule has 1 atom stereocenters. The van der Waals surface area contributed by atoms with Crippen LogP contribution in [0.2, 0.25) is 0 Å². The van der Waals surface area contributed by atoms with Gasteiger partial charge in [0.15, 0.2) is 6.61 Å². The second-order valence-corrected chi connectivity index (χ2v) is 5.70. The molecule has 1 aliphatic carbocycles. The van der Waals surface area contributed by atoms with Crippen LogP contribution in [0.25, 0.3) is 0 Å². The molecule has 1 saturated carbocycles. The van der Waals surface area contributed by atoms with Crippen molar-refractivity contribution >= 4 is 0 Å². The van der Waals surface area contributed by atoms with E-state index in [1.807, 2.05) is 0 Å². The number of nitriles is 1. The van der Waals surface area contributed by atoms with E-state index in [0.717, 1.165) is 6.42 Å². The monoisotopic (exact) mass is 269 g/mol. The van der Waals surface area contributed by atoms with Gasteiger partial charge in [0.2, 0.25) is 5.89 Å². The molecular weight excluding hydrogens is 254 g/mol. The predicted octanol–water partition coefficient (Wildman–Crippen LogP) is 3.03. The summed E-state index contributed by atoms with van der Waals surface area (Å²) in [6, 6.07) is 8.98. The van der Waals surface area contributed by atoms with Crippen LogP contribution in [-0.2, 0) is 6.61 Å². The molecule has 0 radical (unpaired) electrons. The zero-order chi connectivity index (χ0) is 14.2. The fourth-order valence-electron chi connectivity index (χ4n) is 2.13. The van der Waals surface area contributed by atoms with Gasteiger partial charge in [-0.1, -0.05) is 13.8 Å². The van der Waals surface area contributed by atoms with Crippen molar-refractivity contribution < 1.29 is 9.15 Å². The lowest BCUT2D eigenvalue weighted by Crippen LogP contribution is -1.95. The van der Waals surface area contributed by atoms with Gasteiger partial charge in [-0.3, -0.25) is 0 Å². The zero-order valence-electron chi connectivity index (χ0n) is 11.5. The Labute approximate surface area is 117 Å². The summed E-state index contributed by atoms with van der Waals surface area (Å²) in [4.78, 5) is 0. The van der Waals surface area contributed by atoms with Crippen LogP contribution >= 0.6 is 0 Å². The van der Waals surface area contributed by atoms with Crippen molar-refractivity contribution in [3.05, 3.63) is 41.6 Å². The van der Waals surface area contributed by atoms with E-state index >= 15 is 0 Å². The maximum atomic E-state index is 8.72. The third-order valence-corrected chi connectivity index (χ3v) is 3.64. The number of hydrogen-bond donors (Lipinski definition) is 0. The molecule has 0 spiro atoms. The Bertz CT molecular complexity index is 653. The fraction of sp³-hybridized carbons (Fsp3) is 0.400. The first-order valence-corrected chi connectivity index (χ1v) is 6.54. The third-order valence-electron chi connectivity index (χ3n) is 3.64. The van der Waals surface area contributed by atoms with Crippen molar-refractivity contribution in [1.82, 2.24) is 10.2 Å². The topological polar surface area (TPSA) is 71.9 Å². The van der Waals surface area contributed by atoms with E-state index in [0.29, 0.717) is 29.0 Å². The standard InChI is InChI=1S/C15H15N3O2/c1-15(2)7-12(15)14-18-17-13(20-14)9-19-11-5-3-10(8-16)4-6-11/h3-6,12H,7,9H2,1-2H3. The molecule has 0 aliphatic heterocycles. The number of aromatic nitrogens is 2. The largest absolute Gasteiger partial charge is 0.484 e. The van der Waals surface area contributed by atoms with Crippen molar-refractivity contribution in [2.45, 2.75) is 32.8 Å². The highest BCUT2D eigenvalue weighted by Gasteiger charge is 2.50. The van der Waals surface area contributed by atoms with Gasteiger partial charge in [0.25, 0.3) is 5.89 Å². The van der Waals surface area contributed by atoms with Crippen LogP contribution in [0.1, 0.15) is 43.5 Å². The molecule has 20 heavy (non-hydrogen) atoms. The number of benzene rings is 1. The average Bonchev–Trinajstić information content (AvgIpc) is 2.89. The molecule has 1 aromatic carbocycles. The summed E-state index contributed by atoms with van der Waals surface area (Å²) in [6.45, 7) is 4.62. The first-order valence-electron chi connectivity index (χ1n) is 6.54. The van der Waals surface area contributed by atoms with Crippen LogP contribution in [0.5, 0.6) is 5.75 Å². The summed E-state index contributed by atoms with van der Waals surface area (Å²) in [5.74, 6) is 2.23. The fourth-order valence-corrected chi connectivity index (χ4v) is 2.13. The van der Waals surface area contributed by atoms with Gasteiger partial charge in [0.1, 0.15) is 5.75 Å². The summed E-state index contributed by atoms with van der Waals surface area (Å²) >= 11 is 0. The third kappa shape index (κ3) is 2.50. The Balaban J connectivity index is 1.60. The molecule has 1 fully saturated rings. The minimum Gasteiger partial charge on any atom is -0.484 e. The predicted molar refractivity (Wildman–Crippen MR) is 70.9 cm³/mol. The van der Waals surface area contributed by atoms with Crippen molar-refractivity contribution in [2.24, 2.45) is 5.41 Å². The first-order chi connectivity index (χ1) is 9.58. The minimum absolute atomic E-state index is 0.242. The molecule has 0 bridgehead atoms. The van der Waals surface area contributed by atoms with E-state index in [1.54, 1.807) is 24.3 Å². The number of hydrogen-bond acceptors (Lipinski definition) is 5. The van der Waals surface area contributed by atoms with Crippen molar-refractivity contribution in [1.29, 1.82) is 5.26 Å². The van der Waals surface area contributed by atoms with E-state index in [1.165, 1.54) is 0 Å². The Morgan fingerprint density at radius 1 is 1.35 bits per heavy atom. The van der Waals surface area contributed by atoms with E-state index in [4.69, 9.17) is 14.4 Å². The molecule has 102 valence electrons. The highest BCUT2D eigenvalue weighted by atomic mass is 16.5. The van der Waals surface area contributed by atoms with Crippen LogP contribution in [-0.4, -0.2) is 10.2 Å². The van der Waals surface area contributed by atoms with Crippen LogP contribution < -0.4 is 4.74 Å². The lowest BCUT2D eigenvalue weighted by Gasteiger charge is -2.02. The van der Waals surface area contributed by atoms with Crippen LogP contribution in [0.15, 0.2) is 28.7 Å². The molecule has 5 heteroatoms. The molecule has 0 saturated heterocycles. The summed E-state index contributed by atoms with van der Waals surface area (Å²) in [5.41, 5.74) is 0.881. The van der Waals surface area contributed by atoms with E-state index in [-0.39, 0.29) is 12.0 Å². The zero-order valence-corrected chi connectivity index (χ0v) is 11.5. The van der Waals surface area contributed by atoms with Gasteiger partial charge >= 0.3 is 0 Å². The van der Waals surface area contributed by atoms with Gasteiger partial charge in [-0.25, -0.2) is 0 Å². The van der Waals surface area contributed by atoms with Crippen LogP contribution in [0, 0.1) is 16.7 Å². The van der Waals surface area contributed by atoms with Crippen molar-refractivity contribution in [3.63, 3.8) is 0 Å². The molecule has 2 aromatic rings. The summed E-state index contributed by atoms with van der Waals surface area (Å²) in [7, 11) is 0. The maximum absolute atomic E-state index is 8.72. The van der Waals surface area contributed by atoms with Gasteiger partial charge in [-0.2, -0.15) is 5.26 Å². The molecule has 5 nitrogen and oxygen atoms in total. The average molecular weight is 269 g/mol. The quantitative estimate of drug-likeness (QED) is 0.853. The Hall–Kier alpha value is -2.35. The minimum atomic E-state index is 0.242. The molecular formula is C15H15N3O2. The number of ether oxygens (including phenoxy) is 1. The van der Waals surface area contributed by atoms with Crippen molar-refractivity contribution in [3.8, 4) is 11.8 Å². The highest BCUT2D eigenvalue weighted by molar-refractivity contribution is 5.34. The molecule has 0 N–H and O–H groups in total. The second-order valence-electron chi connectivity index (χ2n) is 5.70. The van der Waals surface area contributed by atoms with E-state index < -0.39 is 0 Å². The lowest BCUT2D eigenvalue weighted by atomic mass is 10.1. The first kappa shape index (κ1) is 12.7. The normalized spacial score (nSPS) is 19.4. The number of nitrogens with zero attached hydrogens (tertiary/aromatic N) is 3. The van der Waals surface area contributed by atoms with Gasteiger partial charge < -0.3 is 9.15 Å².